The maximum Gasteiger partial charge on any atom is 0.278 e. The Kier molecular flexibility index (Phi) is 4.98. The van der Waals surface area contributed by atoms with Crippen molar-refractivity contribution in [3.8, 4) is 5.69 Å². The number of carbonyl (C=O) groups is 1. The zero-order chi connectivity index (χ0) is 18.7. The van der Waals surface area contributed by atoms with Crippen LogP contribution in [0.25, 0.3) is 5.69 Å². The summed E-state index contributed by atoms with van der Waals surface area (Å²) in [6, 6.07) is 18.8. The van der Waals surface area contributed by atoms with Crippen LogP contribution in [0.2, 0.25) is 0 Å². The number of aromatic nitrogens is 2. The maximum absolute atomic E-state index is 12.8. The third kappa shape index (κ3) is 3.57. The maximum atomic E-state index is 12.8. The molecule has 5 heteroatoms. The minimum absolute atomic E-state index is 0.0736. The Morgan fingerprint density at radius 1 is 1.04 bits per heavy atom. The number of carbonyl (C=O) groups excluding carboxylic acids is 1. The standard InChI is InChI=1S/C21H21N3O2/c1-15-9-7-8-10-17(15)14-23(3)21(26)20-19(25)13-16(2)24(22-20)18-11-5-4-6-12-18/h4-13H,14H2,1-3H3. The van der Waals surface area contributed by atoms with Gasteiger partial charge in [-0.3, -0.25) is 9.59 Å². The number of hydrogen-bond donors (Lipinski definition) is 0. The molecule has 26 heavy (non-hydrogen) atoms. The number of nitrogens with zero attached hydrogens (tertiary/aromatic N) is 3. The number of aryl methyl sites for hydroxylation is 2. The lowest BCUT2D eigenvalue weighted by atomic mass is 10.1. The first kappa shape index (κ1) is 17.6. The van der Waals surface area contributed by atoms with Crippen molar-refractivity contribution in [2.45, 2.75) is 20.4 Å². The molecule has 0 spiro atoms. The van der Waals surface area contributed by atoms with E-state index in [0.29, 0.717) is 12.2 Å². The molecule has 0 aliphatic carbocycles. The molecule has 0 N–H and O–H groups in total. The van der Waals surface area contributed by atoms with Gasteiger partial charge in [-0.1, -0.05) is 42.5 Å². The third-order valence-electron chi connectivity index (χ3n) is 4.33. The molecule has 3 rings (SSSR count). The fourth-order valence-electron chi connectivity index (χ4n) is 2.82. The van der Waals surface area contributed by atoms with Gasteiger partial charge in [0.1, 0.15) is 0 Å². The summed E-state index contributed by atoms with van der Waals surface area (Å²) in [5.74, 6) is -0.386. The fraction of sp³-hybridized carbons (Fsp3) is 0.190. The second-order valence-electron chi connectivity index (χ2n) is 6.33. The van der Waals surface area contributed by atoms with Crippen molar-refractivity contribution in [3.05, 3.63) is 93.4 Å². The number of hydrogen-bond acceptors (Lipinski definition) is 3. The van der Waals surface area contributed by atoms with Gasteiger partial charge in [0.15, 0.2) is 5.69 Å². The predicted octanol–water partition coefficient (Wildman–Crippen LogP) is 3.12. The predicted molar refractivity (Wildman–Crippen MR) is 102 cm³/mol. The van der Waals surface area contributed by atoms with E-state index in [2.05, 4.69) is 5.10 Å². The van der Waals surface area contributed by atoms with E-state index in [1.54, 1.807) is 18.7 Å². The van der Waals surface area contributed by atoms with Gasteiger partial charge in [0.25, 0.3) is 5.91 Å². The molecule has 0 unspecified atom stereocenters. The highest BCUT2D eigenvalue weighted by molar-refractivity contribution is 5.91. The summed E-state index contributed by atoms with van der Waals surface area (Å²) in [4.78, 5) is 26.7. The molecule has 1 amide bonds. The average molecular weight is 347 g/mol. The summed E-state index contributed by atoms with van der Waals surface area (Å²) in [5, 5.41) is 4.34. The summed E-state index contributed by atoms with van der Waals surface area (Å²) in [7, 11) is 1.68. The van der Waals surface area contributed by atoms with Crippen LogP contribution in [0.3, 0.4) is 0 Å². The highest BCUT2D eigenvalue weighted by atomic mass is 16.2. The second-order valence-corrected chi connectivity index (χ2v) is 6.33. The first-order valence-electron chi connectivity index (χ1n) is 8.44. The monoisotopic (exact) mass is 347 g/mol. The lowest BCUT2D eigenvalue weighted by Gasteiger charge is -2.19. The van der Waals surface area contributed by atoms with Crippen LogP contribution in [-0.2, 0) is 6.54 Å². The van der Waals surface area contributed by atoms with Crippen LogP contribution in [0.1, 0.15) is 27.3 Å². The summed E-state index contributed by atoms with van der Waals surface area (Å²) < 4.78 is 1.62. The van der Waals surface area contributed by atoms with Gasteiger partial charge in [0.05, 0.1) is 5.69 Å². The Labute approximate surface area is 152 Å². The van der Waals surface area contributed by atoms with E-state index >= 15 is 0 Å². The fourth-order valence-corrected chi connectivity index (χ4v) is 2.82. The molecule has 0 saturated carbocycles. The topological polar surface area (TPSA) is 55.2 Å². The summed E-state index contributed by atoms with van der Waals surface area (Å²) in [6.07, 6.45) is 0. The molecule has 2 aromatic carbocycles. The van der Waals surface area contributed by atoms with Gasteiger partial charge in [-0.2, -0.15) is 5.10 Å². The Morgan fingerprint density at radius 2 is 1.69 bits per heavy atom. The molecular formula is C21H21N3O2. The molecule has 0 bridgehead atoms. The molecule has 0 atom stereocenters. The van der Waals surface area contributed by atoms with Gasteiger partial charge >= 0.3 is 0 Å². The Hall–Kier alpha value is -3.21. The average Bonchev–Trinajstić information content (AvgIpc) is 2.64. The van der Waals surface area contributed by atoms with Crippen LogP contribution in [0, 0.1) is 13.8 Å². The molecule has 0 saturated heterocycles. The smallest absolute Gasteiger partial charge is 0.278 e. The van der Waals surface area contributed by atoms with E-state index in [4.69, 9.17) is 0 Å². The van der Waals surface area contributed by atoms with Gasteiger partial charge in [-0.25, -0.2) is 4.68 Å². The van der Waals surface area contributed by atoms with Crippen LogP contribution in [0.5, 0.6) is 0 Å². The van der Waals surface area contributed by atoms with Gasteiger partial charge < -0.3 is 4.90 Å². The molecule has 0 fully saturated rings. The van der Waals surface area contributed by atoms with E-state index < -0.39 is 0 Å². The third-order valence-corrected chi connectivity index (χ3v) is 4.33. The van der Waals surface area contributed by atoms with Crippen molar-refractivity contribution >= 4 is 5.91 Å². The molecule has 0 radical (unpaired) electrons. The van der Waals surface area contributed by atoms with Crippen molar-refractivity contribution in [1.82, 2.24) is 14.7 Å². The van der Waals surface area contributed by atoms with Gasteiger partial charge in [0.2, 0.25) is 5.43 Å². The van der Waals surface area contributed by atoms with Gasteiger partial charge in [-0.15, -0.1) is 0 Å². The lowest BCUT2D eigenvalue weighted by Crippen LogP contribution is -2.33. The molecule has 5 nitrogen and oxygen atoms in total. The summed E-state index contributed by atoms with van der Waals surface area (Å²) in [6.45, 7) is 4.22. The highest BCUT2D eigenvalue weighted by Gasteiger charge is 2.19. The number of benzene rings is 2. The molecular weight excluding hydrogens is 326 g/mol. The van der Waals surface area contributed by atoms with Crippen LogP contribution in [0.15, 0.2) is 65.5 Å². The Balaban J connectivity index is 1.94. The van der Waals surface area contributed by atoms with Crippen molar-refractivity contribution in [1.29, 1.82) is 0 Å². The van der Waals surface area contributed by atoms with Crippen LogP contribution < -0.4 is 5.43 Å². The molecule has 3 aromatic rings. The molecule has 0 aliphatic heterocycles. The van der Waals surface area contributed by atoms with E-state index in [1.807, 2.05) is 61.5 Å². The molecule has 132 valence electrons. The summed E-state index contributed by atoms with van der Waals surface area (Å²) >= 11 is 0. The Morgan fingerprint density at radius 3 is 2.38 bits per heavy atom. The highest BCUT2D eigenvalue weighted by Crippen LogP contribution is 2.12. The Bertz CT molecular complexity index is 994. The van der Waals surface area contributed by atoms with E-state index in [1.165, 1.54) is 11.0 Å². The van der Waals surface area contributed by atoms with Crippen LogP contribution >= 0.6 is 0 Å². The molecule has 1 heterocycles. The zero-order valence-electron chi connectivity index (χ0n) is 15.1. The van der Waals surface area contributed by atoms with Gasteiger partial charge in [0, 0.05) is 25.4 Å². The van der Waals surface area contributed by atoms with Crippen LogP contribution in [-0.4, -0.2) is 27.6 Å². The van der Waals surface area contributed by atoms with E-state index in [0.717, 1.165) is 16.8 Å². The van der Waals surface area contributed by atoms with Crippen molar-refractivity contribution in [2.24, 2.45) is 0 Å². The van der Waals surface area contributed by atoms with E-state index in [9.17, 15) is 9.59 Å². The quantitative estimate of drug-likeness (QED) is 0.729. The number of rotatable bonds is 4. The normalized spacial score (nSPS) is 10.6. The largest absolute Gasteiger partial charge is 0.336 e. The minimum Gasteiger partial charge on any atom is -0.336 e. The number of amides is 1. The van der Waals surface area contributed by atoms with Crippen LogP contribution in [0.4, 0.5) is 0 Å². The van der Waals surface area contributed by atoms with E-state index in [-0.39, 0.29) is 17.0 Å². The van der Waals surface area contributed by atoms with Crippen molar-refractivity contribution in [2.75, 3.05) is 7.05 Å². The zero-order valence-corrected chi connectivity index (χ0v) is 15.1. The van der Waals surface area contributed by atoms with Crippen molar-refractivity contribution in [3.63, 3.8) is 0 Å². The second kappa shape index (κ2) is 7.35. The first-order valence-corrected chi connectivity index (χ1v) is 8.44. The SMILES string of the molecule is Cc1ccccc1CN(C)C(=O)c1nn(-c2ccccc2)c(C)cc1=O. The van der Waals surface area contributed by atoms with Crippen molar-refractivity contribution < 1.29 is 4.79 Å². The minimum atomic E-state index is -0.386. The molecule has 0 aliphatic rings. The van der Waals surface area contributed by atoms with Gasteiger partial charge in [-0.05, 0) is 37.1 Å². The molecule has 1 aromatic heterocycles. The first-order chi connectivity index (χ1) is 12.5. The number of para-hydroxylation sites is 1. The summed E-state index contributed by atoms with van der Waals surface area (Å²) in [5.41, 5.74) is 3.19. The lowest BCUT2D eigenvalue weighted by molar-refractivity contribution is 0.0775.